The Kier molecular flexibility index (Phi) is 5.29. The quantitative estimate of drug-likeness (QED) is 0.377. The molecule has 9 heteroatoms. The Labute approximate surface area is 194 Å². The van der Waals surface area contributed by atoms with Crippen LogP contribution < -0.4 is 10.6 Å². The fourth-order valence-corrected chi connectivity index (χ4v) is 4.06. The van der Waals surface area contributed by atoms with E-state index in [1.165, 1.54) is 12.1 Å². The maximum Gasteiger partial charge on any atom is 0.253 e. The van der Waals surface area contributed by atoms with Crippen molar-refractivity contribution in [3.05, 3.63) is 83.9 Å². The van der Waals surface area contributed by atoms with Gasteiger partial charge in [-0.25, -0.2) is 8.91 Å². The summed E-state index contributed by atoms with van der Waals surface area (Å²) < 4.78 is 17.1. The topological polar surface area (TPSA) is 93.3 Å². The molecule has 5 aromatic rings. The number of rotatable bonds is 6. The maximum atomic E-state index is 13.6. The first-order valence-corrected chi connectivity index (χ1v) is 10.7. The number of carbonyl (C=O) groups is 2. The molecule has 1 atom stereocenters. The van der Waals surface area contributed by atoms with E-state index in [-0.39, 0.29) is 23.7 Å². The fraction of sp³-hybridized carbons (Fsp3) is 0.120. The number of hydrogen-bond acceptors (Lipinski definition) is 4. The highest BCUT2D eigenvalue weighted by Crippen LogP contribution is 2.29. The van der Waals surface area contributed by atoms with E-state index < -0.39 is 0 Å². The molecular formula is C25H21FN6O2. The number of carbonyl (C=O) groups excluding carboxylic acids is 2. The standard InChI is InChI=1S/C25H21FN6O2/c1-15(16-4-3-5-19(26)10-16)28-24(34)21-13-31(2)22-7-6-17(11-20(21)22)18-8-9-32-23(12-18)29-25(30-32)27-14-33/h3-15H,1-2H3,(H,28,34)(H,27,30,33). The summed E-state index contributed by atoms with van der Waals surface area (Å²) in [5.41, 5.74) is 4.51. The van der Waals surface area contributed by atoms with Crippen LogP contribution in [0.3, 0.4) is 0 Å². The first-order valence-electron chi connectivity index (χ1n) is 10.7. The lowest BCUT2D eigenvalue weighted by Crippen LogP contribution is -2.26. The number of nitrogens with one attached hydrogen (secondary N) is 2. The van der Waals surface area contributed by atoms with Gasteiger partial charge in [0, 0.05) is 30.3 Å². The van der Waals surface area contributed by atoms with Crippen LogP contribution in [0, 0.1) is 5.82 Å². The maximum absolute atomic E-state index is 13.6. The van der Waals surface area contributed by atoms with Gasteiger partial charge >= 0.3 is 0 Å². The van der Waals surface area contributed by atoms with Gasteiger partial charge in [0.1, 0.15) is 5.82 Å². The van der Waals surface area contributed by atoms with E-state index in [0.29, 0.717) is 23.2 Å². The number of benzene rings is 2. The lowest BCUT2D eigenvalue weighted by atomic mass is 10.0. The van der Waals surface area contributed by atoms with Crippen LogP contribution in [-0.4, -0.2) is 31.5 Å². The second-order valence-electron chi connectivity index (χ2n) is 8.05. The first kappa shape index (κ1) is 21.3. The third kappa shape index (κ3) is 3.88. The van der Waals surface area contributed by atoms with Crippen molar-refractivity contribution in [3.8, 4) is 11.1 Å². The Hall–Kier alpha value is -4.53. The van der Waals surface area contributed by atoms with Gasteiger partial charge in [0.25, 0.3) is 5.91 Å². The van der Waals surface area contributed by atoms with Gasteiger partial charge in [-0.15, -0.1) is 5.10 Å². The van der Waals surface area contributed by atoms with Crippen molar-refractivity contribution >= 4 is 34.8 Å². The van der Waals surface area contributed by atoms with E-state index >= 15 is 0 Å². The number of anilines is 1. The molecule has 2 N–H and O–H groups in total. The Morgan fingerprint density at radius 3 is 2.74 bits per heavy atom. The molecule has 0 aliphatic carbocycles. The zero-order chi connectivity index (χ0) is 23.8. The third-order valence-corrected chi connectivity index (χ3v) is 5.79. The molecular weight excluding hydrogens is 435 g/mol. The zero-order valence-electron chi connectivity index (χ0n) is 18.5. The summed E-state index contributed by atoms with van der Waals surface area (Å²) in [4.78, 5) is 28.1. The number of fused-ring (bicyclic) bond motifs is 2. The molecule has 0 radical (unpaired) electrons. The van der Waals surface area contributed by atoms with Crippen LogP contribution in [0.4, 0.5) is 10.3 Å². The van der Waals surface area contributed by atoms with Crippen molar-refractivity contribution in [1.29, 1.82) is 0 Å². The highest BCUT2D eigenvalue weighted by atomic mass is 19.1. The summed E-state index contributed by atoms with van der Waals surface area (Å²) in [5.74, 6) is -0.360. The van der Waals surface area contributed by atoms with Gasteiger partial charge in [-0.2, -0.15) is 4.98 Å². The minimum Gasteiger partial charge on any atom is -0.350 e. The van der Waals surface area contributed by atoms with E-state index in [9.17, 15) is 14.0 Å². The van der Waals surface area contributed by atoms with Crippen LogP contribution >= 0.6 is 0 Å². The summed E-state index contributed by atoms with van der Waals surface area (Å²) in [7, 11) is 1.89. The average molecular weight is 456 g/mol. The molecule has 2 aromatic carbocycles. The van der Waals surface area contributed by atoms with Crippen LogP contribution in [-0.2, 0) is 11.8 Å². The van der Waals surface area contributed by atoms with Crippen LogP contribution in [0.15, 0.2) is 67.0 Å². The molecule has 3 aromatic heterocycles. The van der Waals surface area contributed by atoms with E-state index in [2.05, 4.69) is 20.7 Å². The van der Waals surface area contributed by atoms with Crippen LogP contribution in [0.25, 0.3) is 27.7 Å². The number of aryl methyl sites for hydroxylation is 1. The average Bonchev–Trinajstić information content (AvgIpc) is 3.38. The van der Waals surface area contributed by atoms with Crippen molar-refractivity contribution in [2.24, 2.45) is 7.05 Å². The van der Waals surface area contributed by atoms with Crippen LogP contribution in [0.5, 0.6) is 0 Å². The largest absolute Gasteiger partial charge is 0.350 e. The normalized spacial score (nSPS) is 12.1. The number of pyridine rings is 1. The Balaban J connectivity index is 1.49. The molecule has 0 fully saturated rings. The molecule has 8 nitrogen and oxygen atoms in total. The Morgan fingerprint density at radius 1 is 1.12 bits per heavy atom. The molecule has 0 saturated heterocycles. The van der Waals surface area contributed by atoms with Crippen LogP contribution in [0.2, 0.25) is 0 Å². The minimum atomic E-state index is -0.355. The molecule has 0 aliphatic rings. The highest BCUT2D eigenvalue weighted by Gasteiger charge is 2.18. The lowest BCUT2D eigenvalue weighted by molar-refractivity contribution is -0.105. The van der Waals surface area contributed by atoms with Gasteiger partial charge in [0.05, 0.1) is 11.6 Å². The van der Waals surface area contributed by atoms with Gasteiger partial charge in [0.15, 0.2) is 5.65 Å². The number of nitrogens with zero attached hydrogens (tertiary/aromatic N) is 4. The van der Waals surface area contributed by atoms with Crippen LogP contribution in [0.1, 0.15) is 28.9 Å². The van der Waals surface area contributed by atoms with Crippen molar-refractivity contribution in [2.75, 3.05) is 5.32 Å². The summed E-state index contributed by atoms with van der Waals surface area (Å²) in [6.07, 6.45) is 4.08. The first-order chi connectivity index (χ1) is 16.4. The van der Waals surface area contributed by atoms with Crippen molar-refractivity contribution in [3.63, 3.8) is 0 Å². The summed E-state index contributed by atoms with van der Waals surface area (Å²) in [5, 5.41) is 10.4. The third-order valence-electron chi connectivity index (χ3n) is 5.79. The summed E-state index contributed by atoms with van der Waals surface area (Å²) >= 11 is 0. The molecule has 3 heterocycles. The Morgan fingerprint density at radius 2 is 1.94 bits per heavy atom. The predicted octanol–water partition coefficient (Wildman–Crippen LogP) is 4.09. The molecule has 2 amide bonds. The fourth-order valence-electron chi connectivity index (χ4n) is 4.06. The molecule has 5 rings (SSSR count). The molecule has 0 spiro atoms. The van der Waals surface area contributed by atoms with Gasteiger partial charge in [-0.1, -0.05) is 18.2 Å². The minimum absolute atomic E-state index is 0.219. The van der Waals surface area contributed by atoms with Gasteiger partial charge in [-0.3, -0.25) is 14.9 Å². The molecule has 0 bridgehead atoms. The number of halogens is 1. The highest BCUT2D eigenvalue weighted by molar-refractivity contribution is 6.08. The Bertz CT molecular complexity index is 1550. The van der Waals surface area contributed by atoms with Crippen molar-refractivity contribution < 1.29 is 14.0 Å². The second-order valence-corrected chi connectivity index (χ2v) is 8.05. The van der Waals surface area contributed by atoms with Gasteiger partial charge in [0.2, 0.25) is 12.4 Å². The van der Waals surface area contributed by atoms with E-state index in [1.54, 1.807) is 29.0 Å². The monoisotopic (exact) mass is 456 g/mol. The number of aromatic nitrogens is 4. The summed E-state index contributed by atoms with van der Waals surface area (Å²) in [6.45, 7) is 1.82. The number of hydrogen-bond donors (Lipinski definition) is 2. The molecule has 170 valence electrons. The smallest absolute Gasteiger partial charge is 0.253 e. The molecule has 0 aliphatic heterocycles. The SMILES string of the molecule is CC(NC(=O)c1cn(C)c2ccc(-c3ccn4nc(NC=O)nc4c3)cc12)c1cccc(F)c1. The number of amides is 2. The van der Waals surface area contributed by atoms with E-state index in [0.717, 1.165) is 22.0 Å². The molecule has 34 heavy (non-hydrogen) atoms. The van der Waals surface area contributed by atoms with Crippen molar-refractivity contribution in [1.82, 2.24) is 24.5 Å². The summed E-state index contributed by atoms with van der Waals surface area (Å²) in [6, 6.07) is 15.5. The predicted molar refractivity (Wildman–Crippen MR) is 127 cm³/mol. The molecule has 1 unspecified atom stereocenters. The zero-order valence-corrected chi connectivity index (χ0v) is 18.5. The van der Waals surface area contributed by atoms with Gasteiger partial charge in [-0.05, 0) is 60.0 Å². The molecule has 0 saturated carbocycles. The van der Waals surface area contributed by atoms with Crippen molar-refractivity contribution in [2.45, 2.75) is 13.0 Å². The van der Waals surface area contributed by atoms with E-state index in [1.807, 2.05) is 48.9 Å². The van der Waals surface area contributed by atoms with Gasteiger partial charge < -0.3 is 9.88 Å². The lowest BCUT2D eigenvalue weighted by Gasteiger charge is -2.14. The second kappa shape index (κ2) is 8.43. The van der Waals surface area contributed by atoms with E-state index in [4.69, 9.17) is 0 Å².